The third kappa shape index (κ3) is 3.46. The highest BCUT2D eigenvalue weighted by Gasteiger charge is 2.14. The highest BCUT2D eigenvalue weighted by Crippen LogP contribution is 2.23. The molecule has 2 aromatic carbocycles. The van der Waals surface area contributed by atoms with Gasteiger partial charge in [0.15, 0.2) is 5.76 Å². The van der Waals surface area contributed by atoms with Crippen molar-refractivity contribution in [1.82, 2.24) is 10.6 Å². The van der Waals surface area contributed by atoms with Crippen molar-refractivity contribution < 1.29 is 14.0 Å². The molecule has 3 aromatic rings. The number of carbonyl (C=O) groups is 2. The number of fused-ring (bicyclic) bond motifs is 1. The Morgan fingerprint density at radius 3 is 2.62 bits per heavy atom. The van der Waals surface area contributed by atoms with E-state index in [-0.39, 0.29) is 24.3 Å². The zero-order valence-electron chi connectivity index (χ0n) is 13.3. The molecular formula is C19H18N2O3. The third-order valence-corrected chi connectivity index (χ3v) is 3.82. The van der Waals surface area contributed by atoms with Gasteiger partial charge >= 0.3 is 0 Å². The van der Waals surface area contributed by atoms with Gasteiger partial charge in [0.05, 0.1) is 18.8 Å². The third-order valence-electron chi connectivity index (χ3n) is 3.82. The van der Waals surface area contributed by atoms with E-state index in [1.165, 1.54) is 6.26 Å². The van der Waals surface area contributed by atoms with Crippen LogP contribution in [0.2, 0.25) is 0 Å². The molecule has 0 radical (unpaired) electrons. The molecule has 1 atom stereocenters. The van der Waals surface area contributed by atoms with E-state index in [4.69, 9.17) is 4.42 Å². The topological polar surface area (TPSA) is 71.3 Å². The molecule has 0 bridgehead atoms. The second-order valence-electron chi connectivity index (χ2n) is 5.52. The number of rotatable bonds is 5. The van der Waals surface area contributed by atoms with Crippen LogP contribution in [-0.2, 0) is 4.79 Å². The van der Waals surface area contributed by atoms with Crippen molar-refractivity contribution in [2.24, 2.45) is 0 Å². The van der Waals surface area contributed by atoms with Crippen LogP contribution in [0.15, 0.2) is 65.3 Å². The van der Waals surface area contributed by atoms with Crippen molar-refractivity contribution >= 4 is 22.6 Å². The molecule has 0 spiro atoms. The van der Waals surface area contributed by atoms with Crippen molar-refractivity contribution in [3.63, 3.8) is 0 Å². The highest BCUT2D eigenvalue weighted by molar-refractivity contribution is 5.94. The van der Waals surface area contributed by atoms with Gasteiger partial charge in [-0.2, -0.15) is 0 Å². The standard InChI is InChI=1S/C19H18N2O3/c1-13(15-9-4-7-14-6-2-3-8-16(14)15)21-18(22)12-20-19(23)17-10-5-11-24-17/h2-11,13H,12H2,1H3,(H,20,23)(H,21,22). The summed E-state index contributed by atoms with van der Waals surface area (Å²) in [6.07, 6.45) is 1.41. The van der Waals surface area contributed by atoms with Gasteiger partial charge in [-0.25, -0.2) is 0 Å². The number of benzene rings is 2. The van der Waals surface area contributed by atoms with Crippen LogP contribution < -0.4 is 10.6 Å². The molecule has 1 heterocycles. The Morgan fingerprint density at radius 2 is 1.83 bits per heavy atom. The maximum Gasteiger partial charge on any atom is 0.287 e. The summed E-state index contributed by atoms with van der Waals surface area (Å²) >= 11 is 0. The Hall–Kier alpha value is -3.08. The van der Waals surface area contributed by atoms with Gasteiger partial charge < -0.3 is 15.1 Å². The first-order chi connectivity index (χ1) is 11.6. The minimum Gasteiger partial charge on any atom is -0.459 e. The second-order valence-corrected chi connectivity index (χ2v) is 5.52. The molecule has 0 aliphatic heterocycles. The monoisotopic (exact) mass is 322 g/mol. The van der Waals surface area contributed by atoms with E-state index in [0.717, 1.165) is 16.3 Å². The van der Waals surface area contributed by atoms with Crippen LogP contribution in [0, 0.1) is 0 Å². The molecular weight excluding hydrogens is 304 g/mol. The molecule has 24 heavy (non-hydrogen) atoms. The van der Waals surface area contributed by atoms with E-state index < -0.39 is 5.91 Å². The van der Waals surface area contributed by atoms with E-state index in [1.54, 1.807) is 12.1 Å². The fourth-order valence-corrected chi connectivity index (χ4v) is 2.65. The summed E-state index contributed by atoms with van der Waals surface area (Å²) in [5.41, 5.74) is 1.04. The van der Waals surface area contributed by atoms with E-state index in [1.807, 2.05) is 49.4 Å². The number of hydrogen-bond acceptors (Lipinski definition) is 3. The molecule has 0 fully saturated rings. The molecule has 0 saturated heterocycles. The van der Waals surface area contributed by atoms with Crippen molar-refractivity contribution in [3.8, 4) is 0 Å². The summed E-state index contributed by atoms with van der Waals surface area (Å²) < 4.78 is 4.98. The quantitative estimate of drug-likeness (QED) is 0.758. The summed E-state index contributed by atoms with van der Waals surface area (Å²) in [7, 11) is 0. The number of amides is 2. The number of hydrogen-bond donors (Lipinski definition) is 2. The molecule has 5 nitrogen and oxygen atoms in total. The van der Waals surface area contributed by atoms with Crippen LogP contribution in [0.5, 0.6) is 0 Å². The molecule has 0 aliphatic rings. The molecule has 0 aliphatic carbocycles. The summed E-state index contributed by atoms with van der Waals surface area (Å²) in [4.78, 5) is 23.8. The predicted octanol–water partition coefficient (Wildman–Crippen LogP) is 3.04. The minimum atomic E-state index is -0.409. The lowest BCUT2D eigenvalue weighted by molar-refractivity contribution is -0.120. The van der Waals surface area contributed by atoms with Gasteiger partial charge in [-0.05, 0) is 35.4 Å². The zero-order valence-corrected chi connectivity index (χ0v) is 13.3. The maximum atomic E-state index is 12.1. The van der Waals surface area contributed by atoms with Gasteiger partial charge in [-0.15, -0.1) is 0 Å². The minimum absolute atomic E-state index is 0.103. The van der Waals surface area contributed by atoms with E-state index >= 15 is 0 Å². The summed E-state index contributed by atoms with van der Waals surface area (Å²) in [5.74, 6) is -0.479. The normalized spacial score (nSPS) is 11.9. The molecule has 2 amide bonds. The van der Waals surface area contributed by atoms with Gasteiger partial charge in [0, 0.05) is 0 Å². The molecule has 1 unspecified atom stereocenters. The fraction of sp³-hybridized carbons (Fsp3) is 0.158. The molecule has 3 rings (SSSR count). The Labute approximate surface area is 139 Å². The Morgan fingerprint density at radius 1 is 1.04 bits per heavy atom. The van der Waals surface area contributed by atoms with Gasteiger partial charge in [-0.3, -0.25) is 9.59 Å². The van der Waals surface area contributed by atoms with Crippen LogP contribution in [0.3, 0.4) is 0 Å². The number of nitrogens with one attached hydrogen (secondary N) is 2. The lowest BCUT2D eigenvalue weighted by Crippen LogP contribution is -2.37. The van der Waals surface area contributed by atoms with Crippen LogP contribution in [0.1, 0.15) is 29.1 Å². The number of carbonyl (C=O) groups excluding carboxylic acids is 2. The molecule has 1 aromatic heterocycles. The number of furan rings is 1. The van der Waals surface area contributed by atoms with E-state index in [9.17, 15) is 9.59 Å². The average molecular weight is 322 g/mol. The first-order valence-corrected chi connectivity index (χ1v) is 7.74. The van der Waals surface area contributed by atoms with Crippen LogP contribution in [-0.4, -0.2) is 18.4 Å². The van der Waals surface area contributed by atoms with Crippen molar-refractivity contribution in [1.29, 1.82) is 0 Å². The fourth-order valence-electron chi connectivity index (χ4n) is 2.65. The van der Waals surface area contributed by atoms with Crippen LogP contribution >= 0.6 is 0 Å². The van der Waals surface area contributed by atoms with Gasteiger partial charge in [0.2, 0.25) is 5.91 Å². The smallest absolute Gasteiger partial charge is 0.287 e. The Bertz CT molecular complexity index is 851. The van der Waals surface area contributed by atoms with Gasteiger partial charge in [0.1, 0.15) is 0 Å². The summed E-state index contributed by atoms with van der Waals surface area (Å²) in [6, 6.07) is 17.0. The maximum absolute atomic E-state index is 12.1. The summed E-state index contributed by atoms with van der Waals surface area (Å²) in [6.45, 7) is 1.82. The van der Waals surface area contributed by atoms with Gasteiger partial charge in [0.25, 0.3) is 5.91 Å². The predicted molar refractivity (Wildman–Crippen MR) is 91.5 cm³/mol. The van der Waals surface area contributed by atoms with Crippen molar-refractivity contribution in [2.75, 3.05) is 6.54 Å². The SMILES string of the molecule is CC(NC(=O)CNC(=O)c1ccco1)c1cccc2ccccc12. The van der Waals surface area contributed by atoms with Crippen molar-refractivity contribution in [3.05, 3.63) is 72.2 Å². The summed E-state index contributed by atoms with van der Waals surface area (Å²) in [5, 5.41) is 7.67. The zero-order chi connectivity index (χ0) is 16.9. The molecule has 0 saturated carbocycles. The lowest BCUT2D eigenvalue weighted by atomic mass is 10.00. The second kappa shape index (κ2) is 7.00. The first-order valence-electron chi connectivity index (χ1n) is 7.74. The van der Waals surface area contributed by atoms with Crippen molar-refractivity contribution in [2.45, 2.75) is 13.0 Å². The Balaban J connectivity index is 1.62. The average Bonchev–Trinajstić information content (AvgIpc) is 3.14. The largest absolute Gasteiger partial charge is 0.459 e. The van der Waals surface area contributed by atoms with Gasteiger partial charge in [-0.1, -0.05) is 42.5 Å². The molecule has 122 valence electrons. The van der Waals surface area contributed by atoms with E-state index in [0.29, 0.717) is 0 Å². The Kier molecular flexibility index (Phi) is 4.61. The van der Waals surface area contributed by atoms with Crippen LogP contribution in [0.25, 0.3) is 10.8 Å². The highest BCUT2D eigenvalue weighted by atomic mass is 16.3. The van der Waals surface area contributed by atoms with Crippen LogP contribution in [0.4, 0.5) is 0 Å². The van der Waals surface area contributed by atoms with E-state index in [2.05, 4.69) is 10.6 Å². The molecule has 5 heteroatoms. The first kappa shape index (κ1) is 15.8. The lowest BCUT2D eigenvalue weighted by Gasteiger charge is -2.16. The molecule has 2 N–H and O–H groups in total.